The topological polar surface area (TPSA) is 61.3 Å². The lowest BCUT2D eigenvalue weighted by Gasteiger charge is -2.18. The lowest BCUT2D eigenvalue weighted by Crippen LogP contribution is -2.26. The second-order valence-electron chi connectivity index (χ2n) is 6.65. The molecule has 1 aliphatic rings. The zero-order valence-electron chi connectivity index (χ0n) is 14.5. The van der Waals surface area contributed by atoms with E-state index in [-0.39, 0.29) is 5.75 Å². The number of rotatable bonds is 5. The summed E-state index contributed by atoms with van der Waals surface area (Å²) in [5.74, 6) is 1.05. The third kappa shape index (κ3) is 3.83. The van der Waals surface area contributed by atoms with Crippen molar-refractivity contribution in [3.63, 3.8) is 0 Å². The first-order valence-corrected chi connectivity index (χ1v) is 8.91. The Hall–Kier alpha value is -2.92. The van der Waals surface area contributed by atoms with E-state index in [1.54, 1.807) is 24.5 Å². The Morgan fingerprint density at radius 1 is 1.00 bits per heavy atom. The van der Waals surface area contributed by atoms with Crippen LogP contribution in [0.3, 0.4) is 0 Å². The second-order valence-corrected chi connectivity index (χ2v) is 6.65. The van der Waals surface area contributed by atoms with Crippen LogP contribution in [-0.4, -0.2) is 39.1 Å². The van der Waals surface area contributed by atoms with Crippen molar-refractivity contribution in [1.29, 1.82) is 0 Å². The molecule has 3 aromatic rings. The van der Waals surface area contributed by atoms with Crippen LogP contribution in [0.5, 0.6) is 5.75 Å². The van der Waals surface area contributed by atoms with Crippen LogP contribution >= 0.6 is 0 Å². The largest absolute Gasteiger partial charge is 0.508 e. The molecule has 0 bridgehead atoms. The van der Waals surface area contributed by atoms with Gasteiger partial charge in [-0.3, -0.25) is 9.88 Å². The van der Waals surface area contributed by atoms with Crippen LogP contribution in [-0.2, 0) is 6.54 Å². The Bertz CT molecular complexity index is 851. The zero-order chi connectivity index (χ0) is 17.8. The predicted octanol–water partition coefficient (Wildman–Crippen LogP) is 3.54. The minimum atomic E-state index is 0.250. The Morgan fingerprint density at radius 2 is 1.77 bits per heavy atom. The van der Waals surface area contributed by atoms with Gasteiger partial charge < -0.3 is 10.4 Å². The van der Waals surface area contributed by atoms with Gasteiger partial charge in [0.15, 0.2) is 5.82 Å². The first kappa shape index (κ1) is 16.5. The van der Waals surface area contributed by atoms with Crippen molar-refractivity contribution in [3.05, 3.63) is 72.6 Å². The zero-order valence-corrected chi connectivity index (χ0v) is 14.5. The predicted molar refractivity (Wildman–Crippen MR) is 103 cm³/mol. The van der Waals surface area contributed by atoms with Crippen LogP contribution < -0.4 is 5.32 Å². The van der Waals surface area contributed by atoms with Crippen molar-refractivity contribution in [3.8, 4) is 17.0 Å². The maximum Gasteiger partial charge on any atom is 0.152 e. The highest BCUT2D eigenvalue weighted by Crippen LogP contribution is 2.27. The highest BCUT2D eigenvalue weighted by Gasteiger charge is 2.23. The number of benzene rings is 2. The van der Waals surface area contributed by atoms with Gasteiger partial charge in [0.2, 0.25) is 0 Å². The number of anilines is 1. The normalized spacial score (nSPS) is 17.3. The van der Waals surface area contributed by atoms with Crippen molar-refractivity contribution >= 4 is 5.82 Å². The monoisotopic (exact) mass is 346 g/mol. The van der Waals surface area contributed by atoms with Crippen molar-refractivity contribution in [2.75, 3.05) is 18.4 Å². The first-order chi connectivity index (χ1) is 12.8. The molecule has 0 unspecified atom stereocenters. The summed E-state index contributed by atoms with van der Waals surface area (Å²) >= 11 is 0. The number of phenols is 1. The lowest BCUT2D eigenvalue weighted by atomic mass is 10.1. The molecule has 5 nitrogen and oxygen atoms in total. The van der Waals surface area contributed by atoms with Crippen LogP contribution in [0.25, 0.3) is 11.3 Å². The molecule has 1 aliphatic heterocycles. The number of likely N-dealkylation sites (tertiary alicyclic amines) is 1. The van der Waals surface area contributed by atoms with Crippen LogP contribution in [0.15, 0.2) is 67.0 Å². The van der Waals surface area contributed by atoms with Crippen LogP contribution in [0.2, 0.25) is 0 Å². The molecule has 0 amide bonds. The van der Waals surface area contributed by atoms with Gasteiger partial charge in [0.1, 0.15) is 11.4 Å². The van der Waals surface area contributed by atoms with E-state index in [0.717, 1.165) is 43.1 Å². The standard InChI is InChI=1S/C21H22N4O/c26-19-8-6-17(7-9-19)20-21(23-12-11-22-20)24-18-10-13-25(15-18)14-16-4-2-1-3-5-16/h1-9,11-12,18,26H,10,13-15H2,(H,23,24)/t18-/m1/s1. The van der Waals surface area contributed by atoms with Crippen molar-refractivity contribution in [1.82, 2.24) is 14.9 Å². The molecule has 2 N–H and O–H groups in total. The quantitative estimate of drug-likeness (QED) is 0.740. The van der Waals surface area contributed by atoms with E-state index in [1.807, 2.05) is 12.1 Å². The van der Waals surface area contributed by atoms with E-state index in [4.69, 9.17) is 0 Å². The minimum Gasteiger partial charge on any atom is -0.508 e. The number of aromatic nitrogens is 2. The van der Waals surface area contributed by atoms with E-state index < -0.39 is 0 Å². The molecular formula is C21H22N4O. The van der Waals surface area contributed by atoms with Gasteiger partial charge in [-0.1, -0.05) is 30.3 Å². The fourth-order valence-electron chi connectivity index (χ4n) is 3.40. The number of hydrogen-bond donors (Lipinski definition) is 2. The smallest absolute Gasteiger partial charge is 0.152 e. The van der Waals surface area contributed by atoms with E-state index in [2.05, 4.69) is 50.5 Å². The van der Waals surface area contributed by atoms with Crippen molar-refractivity contribution < 1.29 is 5.11 Å². The van der Waals surface area contributed by atoms with Crippen molar-refractivity contribution in [2.24, 2.45) is 0 Å². The van der Waals surface area contributed by atoms with E-state index in [0.29, 0.717) is 6.04 Å². The summed E-state index contributed by atoms with van der Waals surface area (Å²) in [6, 6.07) is 18.0. The summed E-state index contributed by atoms with van der Waals surface area (Å²) in [7, 11) is 0. The van der Waals surface area contributed by atoms with Gasteiger partial charge in [-0.05, 0) is 36.2 Å². The average Bonchev–Trinajstić information content (AvgIpc) is 3.11. The van der Waals surface area contributed by atoms with Crippen LogP contribution in [0, 0.1) is 0 Å². The van der Waals surface area contributed by atoms with E-state index in [1.165, 1.54) is 5.56 Å². The van der Waals surface area contributed by atoms with E-state index >= 15 is 0 Å². The molecule has 4 rings (SSSR count). The molecule has 1 atom stereocenters. The van der Waals surface area contributed by atoms with Gasteiger partial charge in [0, 0.05) is 43.6 Å². The molecule has 1 aromatic heterocycles. The van der Waals surface area contributed by atoms with Gasteiger partial charge in [0.05, 0.1) is 0 Å². The van der Waals surface area contributed by atoms with Crippen LogP contribution in [0.1, 0.15) is 12.0 Å². The highest BCUT2D eigenvalue weighted by atomic mass is 16.3. The summed E-state index contributed by atoms with van der Waals surface area (Å²) in [6.07, 6.45) is 4.49. The Morgan fingerprint density at radius 3 is 2.58 bits per heavy atom. The maximum atomic E-state index is 9.50. The Labute approximate surface area is 153 Å². The molecule has 0 radical (unpaired) electrons. The van der Waals surface area contributed by atoms with Gasteiger partial charge in [0.25, 0.3) is 0 Å². The SMILES string of the molecule is Oc1ccc(-c2nccnc2N[C@@H]2CCN(Cc3ccccc3)C2)cc1. The highest BCUT2D eigenvalue weighted by molar-refractivity contribution is 5.71. The summed E-state index contributed by atoms with van der Waals surface area (Å²) < 4.78 is 0. The minimum absolute atomic E-state index is 0.250. The van der Waals surface area contributed by atoms with Crippen molar-refractivity contribution in [2.45, 2.75) is 19.0 Å². The molecule has 5 heteroatoms. The lowest BCUT2D eigenvalue weighted by molar-refractivity contribution is 0.328. The average molecular weight is 346 g/mol. The first-order valence-electron chi connectivity index (χ1n) is 8.91. The molecule has 2 aromatic carbocycles. The Kier molecular flexibility index (Phi) is 4.80. The number of hydrogen-bond acceptors (Lipinski definition) is 5. The number of phenolic OH excluding ortho intramolecular Hbond substituents is 1. The molecule has 1 fully saturated rings. The molecule has 132 valence electrons. The van der Waals surface area contributed by atoms with Gasteiger partial charge in [-0.2, -0.15) is 0 Å². The fraction of sp³-hybridized carbons (Fsp3) is 0.238. The molecular weight excluding hydrogens is 324 g/mol. The van der Waals surface area contributed by atoms with Gasteiger partial charge in [-0.15, -0.1) is 0 Å². The second kappa shape index (κ2) is 7.54. The third-order valence-electron chi connectivity index (χ3n) is 4.70. The fourth-order valence-corrected chi connectivity index (χ4v) is 3.40. The van der Waals surface area contributed by atoms with Gasteiger partial charge in [-0.25, -0.2) is 4.98 Å². The number of aromatic hydroxyl groups is 1. The molecule has 0 aliphatic carbocycles. The molecule has 2 heterocycles. The Balaban J connectivity index is 1.44. The summed E-state index contributed by atoms with van der Waals surface area (Å²) in [5, 5.41) is 13.1. The number of nitrogens with one attached hydrogen (secondary N) is 1. The number of nitrogens with zero attached hydrogens (tertiary/aromatic N) is 3. The third-order valence-corrected chi connectivity index (χ3v) is 4.70. The summed E-state index contributed by atoms with van der Waals surface area (Å²) in [4.78, 5) is 11.4. The summed E-state index contributed by atoms with van der Waals surface area (Å²) in [5.41, 5.74) is 3.10. The summed E-state index contributed by atoms with van der Waals surface area (Å²) in [6.45, 7) is 3.03. The van der Waals surface area contributed by atoms with E-state index in [9.17, 15) is 5.11 Å². The van der Waals surface area contributed by atoms with Gasteiger partial charge >= 0.3 is 0 Å². The molecule has 26 heavy (non-hydrogen) atoms. The molecule has 1 saturated heterocycles. The molecule has 0 spiro atoms. The molecule has 0 saturated carbocycles. The maximum absolute atomic E-state index is 9.50. The van der Waals surface area contributed by atoms with Crippen LogP contribution in [0.4, 0.5) is 5.82 Å².